The molecule has 0 aliphatic rings. The zero-order valence-electron chi connectivity index (χ0n) is 12.6. The van der Waals surface area contributed by atoms with Crippen LogP contribution >= 0.6 is 0 Å². The fraction of sp³-hybridized carbons (Fsp3) is 0.647. The maximum Gasteiger partial charge on any atom is 0.0236 e. The molecular formula is C17H30N2. The Morgan fingerprint density at radius 1 is 1.11 bits per heavy atom. The molecule has 1 unspecified atom stereocenters. The number of nitrogens with two attached hydrogens (primary N) is 1. The molecule has 1 aromatic carbocycles. The van der Waals surface area contributed by atoms with Crippen LogP contribution in [0.15, 0.2) is 30.3 Å². The van der Waals surface area contributed by atoms with Gasteiger partial charge in [0.25, 0.3) is 0 Å². The first-order chi connectivity index (χ1) is 9.27. The molecule has 0 spiro atoms. The van der Waals surface area contributed by atoms with Crippen molar-refractivity contribution in [2.24, 2.45) is 5.73 Å². The highest BCUT2D eigenvalue weighted by Gasteiger charge is 2.13. The van der Waals surface area contributed by atoms with Gasteiger partial charge in [0, 0.05) is 12.6 Å². The molecule has 0 fully saturated rings. The molecule has 2 heteroatoms. The highest BCUT2D eigenvalue weighted by atomic mass is 15.1. The minimum atomic E-state index is 0.651. The molecule has 0 saturated carbocycles. The van der Waals surface area contributed by atoms with Crippen LogP contribution in [0.3, 0.4) is 0 Å². The van der Waals surface area contributed by atoms with Crippen LogP contribution in [0.5, 0.6) is 0 Å². The van der Waals surface area contributed by atoms with Gasteiger partial charge in [0.1, 0.15) is 0 Å². The zero-order chi connectivity index (χ0) is 13.9. The minimum Gasteiger partial charge on any atom is -0.330 e. The minimum absolute atomic E-state index is 0.651. The van der Waals surface area contributed by atoms with E-state index in [1.807, 2.05) is 0 Å². The number of hydrogen-bond acceptors (Lipinski definition) is 2. The summed E-state index contributed by atoms with van der Waals surface area (Å²) in [6.07, 6.45) is 6.37. The summed E-state index contributed by atoms with van der Waals surface area (Å²) >= 11 is 0. The van der Waals surface area contributed by atoms with E-state index in [1.165, 1.54) is 31.2 Å². The Morgan fingerprint density at radius 2 is 1.84 bits per heavy atom. The van der Waals surface area contributed by atoms with Crippen molar-refractivity contribution in [2.45, 2.75) is 58.5 Å². The fourth-order valence-corrected chi connectivity index (χ4v) is 2.44. The van der Waals surface area contributed by atoms with Crippen LogP contribution in [0.2, 0.25) is 0 Å². The van der Waals surface area contributed by atoms with E-state index in [-0.39, 0.29) is 0 Å². The number of unbranched alkanes of at least 4 members (excludes halogenated alkanes) is 2. The van der Waals surface area contributed by atoms with Crippen molar-refractivity contribution in [3.8, 4) is 0 Å². The van der Waals surface area contributed by atoms with E-state index < -0.39 is 0 Å². The fourth-order valence-electron chi connectivity index (χ4n) is 2.44. The highest BCUT2D eigenvalue weighted by molar-refractivity contribution is 5.14. The largest absolute Gasteiger partial charge is 0.330 e. The maximum atomic E-state index is 5.67. The summed E-state index contributed by atoms with van der Waals surface area (Å²) in [4.78, 5) is 2.58. The summed E-state index contributed by atoms with van der Waals surface area (Å²) in [7, 11) is 0. The molecule has 0 aliphatic heterocycles. The molecule has 1 aromatic rings. The molecule has 0 radical (unpaired) electrons. The summed E-state index contributed by atoms with van der Waals surface area (Å²) in [6, 6.07) is 11.4. The number of nitrogens with zero attached hydrogens (tertiary/aromatic N) is 1. The SMILES string of the molecule is CCCCCC(C)N(CCCN)Cc1ccccc1. The third-order valence-electron chi connectivity index (χ3n) is 3.73. The van der Waals surface area contributed by atoms with Crippen LogP contribution in [-0.2, 0) is 6.54 Å². The van der Waals surface area contributed by atoms with E-state index in [0.29, 0.717) is 6.04 Å². The van der Waals surface area contributed by atoms with Gasteiger partial charge in [-0.25, -0.2) is 0 Å². The molecule has 0 aromatic heterocycles. The molecule has 108 valence electrons. The Hall–Kier alpha value is -0.860. The smallest absolute Gasteiger partial charge is 0.0236 e. The van der Waals surface area contributed by atoms with Gasteiger partial charge in [0.05, 0.1) is 0 Å². The van der Waals surface area contributed by atoms with Gasteiger partial charge in [0.2, 0.25) is 0 Å². The van der Waals surface area contributed by atoms with Gasteiger partial charge < -0.3 is 5.73 Å². The Labute approximate surface area is 119 Å². The Morgan fingerprint density at radius 3 is 2.47 bits per heavy atom. The van der Waals surface area contributed by atoms with E-state index in [9.17, 15) is 0 Å². The Balaban J connectivity index is 2.50. The maximum absolute atomic E-state index is 5.67. The second-order valence-electron chi connectivity index (χ2n) is 5.44. The van der Waals surface area contributed by atoms with Crippen LogP contribution in [-0.4, -0.2) is 24.0 Å². The van der Waals surface area contributed by atoms with Gasteiger partial charge in [-0.3, -0.25) is 4.90 Å². The van der Waals surface area contributed by atoms with Crippen molar-refractivity contribution in [2.75, 3.05) is 13.1 Å². The third-order valence-corrected chi connectivity index (χ3v) is 3.73. The monoisotopic (exact) mass is 262 g/mol. The second-order valence-corrected chi connectivity index (χ2v) is 5.44. The topological polar surface area (TPSA) is 29.3 Å². The normalized spacial score (nSPS) is 12.8. The molecule has 2 N–H and O–H groups in total. The first-order valence-electron chi connectivity index (χ1n) is 7.76. The summed E-state index contributed by atoms with van der Waals surface area (Å²) in [5, 5.41) is 0. The van der Waals surface area contributed by atoms with E-state index >= 15 is 0 Å². The Bertz CT molecular complexity index is 310. The van der Waals surface area contributed by atoms with Crippen LogP contribution in [0, 0.1) is 0 Å². The average Bonchev–Trinajstić information content (AvgIpc) is 2.44. The van der Waals surface area contributed by atoms with Gasteiger partial charge >= 0.3 is 0 Å². The van der Waals surface area contributed by atoms with Crippen molar-refractivity contribution in [3.63, 3.8) is 0 Å². The van der Waals surface area contributed by atoms with E-state index in [4.69, 9.17) is 5.73 Å². The molecule has 0 bridgehead atoms. The number of hydrogen-bond donors (Lipinski definition) is 1. The summed E-state index contributed by atoms with van der Waals surface area (Å²) in [5.41, 5.74) is 7.07. The van der Waals surface area contributed by atoms with Gasteiger partial charge in [-0.1, -0.05) is 56.5 Å². The lowest BCUT2D eigenvalue weighted by Gasteiger charge is -2.29. The van der Waals surface area contributed by atoms with Crippen LogP contribution in [0.1, 0.15) is 51.5 Å². The van der Waals surface area contributed by atoms with Gasteiger partial charge in [-0.2, -0.15) is 0 Å². The molecule has 0 aliphatic carbocycles. The average molecular weight is 262 g/mol. The molecule has 0 saturated heterocycles. The lowest BCUT2D eigenvalue weighted by molar-refractivity contribution is 0.186. The molecule has 0 heterocycles. The van der Waals surface area contributed by atoms with Crippen molar-refractivity contribution in [1.29, 1.82) is 0 Å². The summed E-state index contributed by atoms with van der Waals surface area (Å²) < 4.78 is 0. The molecule has 0 amide bonds. The van der Waals surface area contributed by atoms with Crippen LogP contribution < -0.4 is 5.73 Å². The van der Waals surface area contributed by atoms with Crippen LogP contribution in [0.25, 0.3) is 0 Å². The molecular weight excluding hydrogens is 232 g/mol. The molecule has 19 heavy (non-hydrogen) atoms. The van der Waals surface area contributed by atoms with Crippen molar-refractivity contribution < 1.29 is 0 Å². The highest BCUT2D eigenvalue weighted by Crippen LogP contribution is 2.14. The lowest BCUT2D eigenvalue weighted by atomic mass is 10.1. The summed E-state index contributed by atoms with van der Waals surface area (Å²) in [6.45, 7) is 7.57. The van der Waals surface area contributed by atoms with E-state index in [1.54, 1.807) is 0 Å². The summed E-state index contributed by atoms with van der Waals surface area (Å²) in [5.74, 6) is 0. The van der Waals surface area contributed by atoms with Gasteiger partial charge in [0.15, 0.2) is 0 Å². The number of benzene rings is 1. The molecule has 1 rings (SSSR count). The second kappa shape index (κ2) is 9.99. The van der Waals surface area contributed by atoms with Crippen molar-refractivity contribution >= 4 is 0 Å². The van der Waals surface area contributed by atoms with Gasteiger partial charge in [-0.15, -0.1) is 0 Å². The van der Waals surface area contributed by atoms with Crippen molar-refractivity contribution in [3.05, 3.63) is 35.9 Å². The number of rotatable bonds is 10. The standard InChI is InChI=1S/C17H30N2/c1-3-4-6-10-16(2)19(14-9-13-18)15-17-11-7-5-8-12-17/h5,7-8,11-12,16H,3-4,6,9-10,13-15,18H2,1-2H3. The third kappa shape index (κ3) is 6.74. The predicted octanol–water partition coefficient (Wildman–Crippen LogP) is 3.81. The zero-order valence-corrected chi connectivity index (χ0v) is 12.6. The van der Waals surface area contributed by atoms with Crippen molar-refractivity contribution in [1.82, 2.24) is 4.90 Å². The van der Waals surface area contributed by atoms with Gasteiger partial charge in [-0.05, 0) is 38.4 Å². The lowest BCUT2D eigenvalue weighted by Crippen LogP contribution is -2.34. The quantitative estimate of drug-likeness (QED) is 0.650. The molecule has 2 nitrogen and oxygen atoms in total. The Kier molecular flexibility index (Phi) is 8.52. The van der Waals surface area contributed by atoms with E-state index in [0.717, 1.165) is 26.1 Å². The predicted molar refractivity (Wildman–Crippen MR) is 84.1 cm³/mol. The first-order valence-corrected chi connectivity index (χ1v) is 7.76. The van der Waals surface area contributed by atoms with Crippen LogP contribution in [0.4, 0.5) is 0 Å². The molecule has 1 atom stereocenters. The first kappa shape index (κ1) is 16.2. The van der Waals surface area contributed by atoms with E-state index in [2.05, 4.69) is 49.1 Å².